The first-order valence-corrected chi connectivity index (χ1v) is 11.3. The summed E-state index contributed by atoms with van der Waals surface area (Å²) in [6, 6.07) is 10.5. The average molecular weight is 418 g/mol. The number of pyridine rings is 1. The number of hydrogen-bond donors (Lipinski definition) is 1. The monoisotopic (exact) mass is 417 g/mol. The van der Waals surface area contributed by atoms with Crippen LogP contribution in [-0.4, -0.2) is 43.8 Å². The molecule has 1 amide bonds. The highest BCUT2D eigenvalue weighted by atomic mass is 32.2. The topological polar surface area (TPSA) is 88.6 Å². The lowest BCUT2D eigenvalue weighted by atomic mass is 10.1. The Hall–Kier alpha value is -2.45. The van der Waals surface area contributed by atoms with Gasteiger partial charge in [0.2, 0.25) is 21.8 Å². The van der Waals surface area contributed by atoms with Crippen molar-refractivity contribution >= 4 is 15.9 Å². The van der Waals surface area contributed by atoms with Crippen LogP contribution in [0.5, 0.6) is 5.88 Å². The molecule has 0 aliphatic carbocycles. The summed E-state index contributed by atoms with van der Waals surface area (Å²) in [4.78, 5) is 16.6. The molecule has 1 N–H and O–H groups in total. The fourth-order valence-corrected chi connectivity index (χ4v) is 4.88. The zero-order valence-electron chi connectivity index (χ0n) is 16.6. The molecule has 2 heterocycles. The Labute approximate surface area is 172 Å². The Bertz CT molecular complexity index is 923. The van der Waals surface area contributed by atoms with Gasteiger partial charge in [0.25, 0.3) is 0 Å². The van der Waals surface area contributed by atoms with Gasteiger partial charge in [-0.1, -0.05) is 24.6 Å². The molecule has 3 rings (SSSR count). The first-order chi connectivity index (χ1) is 14.0. The summed E-state index contributed by atoms with van der Waals surface area (Å²) >= 11 is 0. The smallest absolute Gasteiger partial charge is 0.243 e. The summed E-state index contributed by atoms with van der Waals surface area (Å²) in [7, 11) is -1.88. The number of sulfonamides is 1. The van der Waals surface area contributed by atoms with Crippen LogP contribution in [0.15, 0.2) is 47.5 Å². The van der Waals surface area contributed by atoms with Gasteiger partial charge in [0.1, 0.15) is 0 Å². The van der Waals surface area contributed by atoms with Crippen molar-refractivity contribution in [2.24, 2.45) is 0 Å². The van der Waals surface area contributed by atoms with E-state index in [0.717, 1.165) is 30.4 Å². The van der Waals surface area contributed by atoms with Crippen LogP contribution >= 0.6 is 0 Å². The molecule has 0 saturated carbocycles. The molecule has 0 spiro atoms. The molecule has 1 aliphatic heterocycles. The molecule has 0 atom stereocenters. The van der Waals surface area contributed by atoms with E-state index in [1.807, 2.05) is 6.07 Å². The van der Waals surface area contributed by atoms with Crippen LogP contribution in [0.4, 0.5) is 0 Å². The minimum atomic E-state index is -3.42. The van der Waals surface area contributed by atoms with E-state index in [0.29, 0.717) is 43.3 Å². The second-order valence-electron chi connectivity index (χ2n) is 7.06. The van der Waals surface area contributed by atoms with Crippen molar-refractivity contribution in [1.29, 1.82) is 0 Å². The number of methoxy groups -OCH3 is 1. The number of aryl methyl sites for hydroxylation is 1. The highest BCUT2D eigenvalue weighted by Gasteiger charge is 2.25. The van der Waals surface area contributed by atoms with E-state index in [2.05, 4.69) is 10.3 Å². The molecule has 29 heavy (non-hydrogen) atoms. The Kier molecular flexibility index (Phi) is 7.22. The second kappa shape index (κ2) is 9.84. The van der Waals surface area contributed by atoms with Gasteiger partial charge in [0, 0.05) is 37.8 Å². The zero-order chi connectivity index (χ0) is 20.7. The first kappa shape index (κ1) is 21.3. The predicted octanol–water partition coefficient (Wildman–Crippen LogP) is 2.51. The summed E-state index contributed by atoms with van der Waals surface area (Å²) in [6.45, 7) is 1.53. The molecule has 7 nitrogen and oxygen atoms in total. The molecule has 1 aromatic heterocycles. The van der Waals surface area contributed by atoms with Crippen LogP contribution in [-0.2, 0) is 27.8 Å². The first-order valence-electron chi connectivity index (χ1n) is 9.84. The van der Waals surface area contributed by atoms with E-state index < -0.39 is 10.0 Å². The molecule has 8 heteroatoms. The Morgan fingerprint density at radius 2 is 1.86 bits per heavy atom. The van der Waals surface area contributed by atoms with Crippen molar-refractivity contribution in [3.8, 4) is 5.88 Å². The molecule has 1 fully saturated rings. The minimum absolute atomic E-state index is 0.0825. The van der Waals surface area contributed by atoms with E-state index >= 15 is 0 Å². The summed E-state index contributed by atoms with van der Waals surface area (Å²) in [5.74, 6) is 0.416. The van der Waals surface area contributed by atoms with Gasteiger partial charge in [-0.2, -0.15) is 4.31 Å². The summed E-state index contributed by atoms with van der Waals surface area (Å²) in [5, 5.41) is 2.86. The number of rotatable bonds is 8. The second-order valence-corrected chi connectivity index (χ2v) is 9.00. The molecule has 1 aromatic carbocycles. The Morgan fingerprint density at radius 1 is 1.14 bits per heavy atom. The third-order valence-corrected chi connectivity index (χ3v) is 6.95. The number of carbonyl (C=O) groups is 1. The third-order valence-electron chi connectivity index (χ3n) is 5.04. The number of benzene rings is 1. The highest BCUT2D eigenvalue weighted by Crippen LogP contribution is 2.21. The molecular formula is C21H27N3O4S. The van der Waals surface area contributed by atoms with Crippen molar-refractivity contribution in [3.05, 3.63) is 53.7 Å². The van der Waals surface area contributed by atoms with Crippen LogP contribution in [0.1, 0.15) is 36.8 Å². The number of nitrogens with zero attached hydrogens (tertiary/aromatic N) is 2. The van der Waals surface area contributed by atoms with E-state index in [1.54, 1.807) is 47.9 Å². The molecule has 0 unspecified atom stereocenters. The lowest BCUT2D eigenvalue weighted by Gasteiger charge is -2.25. The van der Waals surface area contributed by atoms with Crippen LogP contribution in [0.25, 0.3) is 0 Å². The third kappa shape index (κ3) is 5.55. The molecule has 0 bridgehead atoms. The normalized spacial score (nSPS) is 15.1. The maximum Gasteiger partial charge on any atom is 0.243 e. The molecule has 2 aromatic rings. The van der Waals surface area contributed by atoms with Crippen molar-refractivity contribution in [2.45, 2.75) is 43.5 Å². The van der Waals surface area contributed by atoms with Gasteiger partial charge in [-0.25, -0.2) is 13.4 Å². The molecule has 1 saturated heterocycles. The van der Waals surface area contributed by atoms with Gasteiger partial charge in [-0.15, -0.1) is 0 Å². The number of amides is 1. The summed E-state index contributed by atoms with van der Waals surface area (Å²) in [6.07, 6.45) is 5.41. The van der Waals surface area contributed by atoms with Crippen molar-refractivity contribution in [2.75, 3.05) is 20.2 Å². The largest absolute Gasteiger partial charge is 0.481 e. The number of ether oxygens (including phenoxy) is 1. The van der Waals surface area contributed by atoms with Crippen LogP contribution in [0, 0.1) is 0 Å². The van der Waals surface area contributed by atoms with E-state index in [1.165, 1.54) is 0 Å². The van der Waals surface area contributed by atoms with Crippen molar-refractivity contribution < 1.29 is 17.9 Å². The Morgan fingerprint density at radius 3 is 2.55 bits per heavy atom. The minimum Gasteiger partial charge on any atom is -0.481 e. The number of nitrogens with one attached hydrogen (secondary N) is 1. The maximum atomic E-state index is 12.7. The van der Waals surface area contributed by atoms with Gasteiger partial charge in [0.05, 0.1) is 12.0 Å². The van der Waals surface area contributed by atoms with Gasteiger partial charge < -0.3 is 10.1 Å². The van der Waals surface area contributed by atoms with E-state index in [4.69, 9.17) is 4.74 Å². The summed E-state index contributed by atoms with van der Waals surface area (Å²) < 4.78 is 32.1. The zero-order valence-corrected chi connectivity index (χ0v) is 17.5. The van der Waals surface area contributed by atoms with Crippen LogP contribution in [0.2, 0.25) is 0 Å². The molecule has 1 aliphatic rings. The maximum absolute atomic E-state index is 12.7. The van der Waals surface area contributed by atoms with E-state index in [-0.39, 0.29) is 5.91 Å². The van der Waals surface area contributed by atoms with Crippen molar-refractivity contribution in [3.63, 3.8) is 0 Å². The van der Waals surface area contributed by atoms with Gasteiger partial charge in [-0.05, 0) is 43.0 Å². The SMILES string of the molecule is COc1ncccc1CNC(=O)CCc1ccc(S(=O)(=O)N2CCCCC2)cc1. The predicted molar refractivity (Wildman–Crippen MR) is 110 cm³/mol. The average Bonchev–Trinajstić information content (AvgIpc) is 2.77. The molecule has 156 valence electrons. The number of carbonyl (C=O) groups excluding carboxylic acids is 1. The van der Waals surface area contributed by atoms with Gasteiger partial charge in [-0.3, -0.25) is 4.79 Å². The van der Waals surface area contributed by atoms with E-state index in [9.17, 15) is 13.2 Å². The number of aromatic nitrogens is 1. The quantitative estimate of drug-likeness (QED) is 0.713. The fraction of sp³-hybridized carbons (Fsp3) is 0.429. The lowest BCUT2D eigenvalue weighted by molar-refractivity contribution is -0.121. The fourth-order valence-electron chi connectivity index (χ4n) is 3.36. The van der Waals surface area contributed by atoms with Crippen molar-refractivity contribution in [1.82, 2.24) is 14.6 Å². The van der Waals surface area contributed by atoms with Gasteiger partial charge >= 0.3 is 0 Å². The highest BCUT2D eigenvalue weighted by molar-refractivity contribution is 7.89. The Balaban J connectivity index is 1.51. The number of hydrogen-bond acceptors (Lipinski definition) is 5. The number of piperidine rings is 1. The lowest BCUT2D eigenvalue weighted by Crippen LogP contribution is -2.35. The standard InChI is InChI=1S/C21H27N3O4S/c1-28-21-18(6-5-13-22-21)16-23-20(25)12-9-17-7-10-19(11-8-17)29(26,27)24-14-3-2-4-15-24/h5-8,10-11,13H,2-4,9,12,14-16H2,1H3,(H,23,25). The van der Waals surface area contributed by atoms with Crippen LogP contribution in [0.3, 0.4) is 0 Å². The van der Waals surface area contributed by atoms with Gasteiger partial charge in [0.15, 0.2) is 0 Å². The summed E-state index contributed by atoms with van der Waals surface area (Å²) in [5.41, 5.74) is 1.74. The molecule has 0 radical (unpaired) electrons. The molecular weight excluding hydrogens is 390 g/mol. The van der Waals surface area contributed by atoms with Crippen LogP contribution < -0.4 is 10.1 Å².